The summed E-state index contributed by atoms with van der Waals surface area (Å²) in [6.45, 7) is 1.68. The van der Waals surface area contributed by atoms with Crippen molar-refractivity contribution in [3.63, 3.8) is 0 Å². The summed E-state index contributed by atoms with van der Waals surface area (Å²) in [5.74, 6) is -1.39. The van der Waals surface area contributed by atoms with E-state index in [1.807, 2.05) is 0 Å². The van der Waals surface area contributed by atoms with E-state index in [-0.39, 0.29) is 16.2 Å². The van der Waals surface area contributed by atoms with Gasteiger partial charge >= 0.3 is 5.97 Å². The van der Waals surface area contributed by atoms with Gasteiger partial charge in [0.25, 0.3) is 5.91 Å². The van der Waals surface area contributed by atoms with Gasteiger partial charge in [0.15, 0.2) is 6.10 Å². The van der Waals surface area contributed by atoms with Crippen molar-refractivity contribution in [3.8, 4) is 0 Å². The Kier molecular flexibility index (Phi) is 5.71. The smallest absolute Gasteiger partial charge is 0.350 e. The van der Waals surface area contributed by atoms with Crippen LogP contribution in [0, 0.1) is 0 Å². The third-order valence-corrected chi connectivity index (χ3v) is 5.05. The van der Waals surface area contributed by atoms with Gasteiger partial charge in [0.05, 0.1) is 0 Å². The van der Waals surface area contributed by atoms with Crippen LogP contribution in [-0.2, 0) is 19.6 Å². The number of para-hydroxylation sites is 1. The van der Waals surface area contributed by atoms with E-state index in [9.17, 15) is 18.0 Å². The molecular formula is C15H16N2O5S2. The molecule has 0 aliphatic rings. The van der Waals surface area contributed by atoms with Crippen molar-refractivity contribution in [1.29, 1.82) is 0 Å². The molecule has 0 aliphatic carbocycles. The lowest BCUT2D eigenvalue weighted by Crippen LogP contribution is -2.32. The van der Waals surface area contributed by atoms with Gasteiger partial charge in [0.2, 0.25) is 10.0 Å². The Morgan fingerprint density at radius 3 is 2.50 bits per heavy atom. The fourth-order valence-corrected chi connectivity index (χ4v) is 3.77. The van der Waals surface area contributed by atoms with Crippen LogP contribution in [0.1, 0.15) is 23.0 Å². The molecule has 0 bridgehead atoms. The normalized spacial score (nSPS) is 12.4. The number of benzene rings is 1. The average molecular weight is 368 g/mol. The van der Waals surface area contributed by atoms with Crippen molar-refractivity contribution >= 4 is 38.9 Å². The third-order valence-electron chi connectivity index (χ3n) is 3.07. The number of carbonyl (C=O) groups is 2. The predicted octanol–water partition coefficient (Wildman–Crippen LogP) is 1.97. The van der Waals surface area contributed by atoms with Crippen molar-refractivity contribution in [3.05, 3.63) is 46.7 Å². The number of carbonyl (C=O) groups excluding carboxylic acids is 2. The first kappa shape index (κ1) is 18.1. The molecule has 1 aromatic carbocycles. The lowest BCUT2D eigenvalue weighted by molar-refractivity contribution is -0.124. The van der Waals surface area contributed by atoms with E-state index >= 15 is 0 Å². The highest BCUT2D eigenvalue weighted by atomic mass is 32.2. The second-order valence-corrected chi connectivity index (χ2v) is 7.26. The number of primary sulfonamides is 1. The van der Waals surface area contributed by atoms with Crippen LogP contribution in [0.5, 0.6) is 0 Å². The van der Waals surface area contributed by atoms with Gasteiger partial charge in [-0.3, -0.25) is 4.79 Å². The minimum atomic E-state index is -4.04. The average Bonchev–Trinajstić information content (AvgIpc) is 3.03. The molecule has 24 heavy (non-hydrogen) atoms. The van der Waals surface area contributed by atoms with Crippen LogP contribution in [0.3, 0.4) is 0 Å². The number of anilines is 1. The molecule has 1 atom stereocenters. The van der Waals surface area contributed by atoms with Gasteiger partial charge in [-0.15, -0.1) is 11.3 Å². The number of nitrogens with one attached hydrogen (secondary N) is 1. The predicted molar refractivity (Wildman–Crippen MR) is 90.3 cm³/mol. The first-order valence-corrected chi connectivity index (χ1v) is 9.42. The SMILES string of the molecule is CCC(OC(=O)c1sccc1S(N)(=O)=O)C(=O)Nc1ccccc1. The molecule has 9 heteroatoms. The van der Waals surface area contributed by atoms with Gasteiger partial charge in [-0.2, -0.15) is 0 Å². The zero-order valence-corrected chi connectivity index (χ0v) is 14.4. The summed E-state index contributed by atoms with van der Waals surface area (Å²) < 4.78 is 28.0. The number of hydrogen-bond acceptors (Lipinski definition) is 6. The summed E-state index contributed by atoms with van der Waals surface area (Å²) in [6.07, 6.45) is -0.811. The Bertz CT molecular complexity index is 831. The van der Waals surface area contributed by atoms with Crippen LogP contribution >= 0.6 is 11.3 Å². The largest absolute Gasteiger partial charge is 0.448 e. The second kappa shape index (κ2) is 7.56. The summed E-state index contributed by atoms with van der Waals surface area (Å²) in [7, 11) is -4.04. The minimum Gasteiger partial charge on any atom is -0.448 e. The van der Waals surface area contributed by atoms with Crippen LogP contribution in [0.25, 0.3) is 0 Å². The van der Waals surface area contributed by atoms with Crippen LogP contribution < -0.4 is 10.5 Å². The molecule has 128 valence electrons. The number of thiophene rings is 1. The van der Waals surface area contributed by atoms with Crippen molar-refractivity contribution < 1.29 is 22.7 Å². The lowest BCUT2D eigenvalue weighted by Gasteiger charge is -2.16. The highest BCUT2D eigenvalue weighted by Crippen LogP contribution is 2.22. The fourth-order valence-electron chi connectivity index (χ4n) is 1.92. The van der Waals surface area contributed by atoms with Crippen molar-refractivity contribution in [2.24, 2.45) is 5.14 Å². The fraction of sp³-hybridized carbons (Fsp3) is 0.200. The van der Waals surface area contributed by atoms with Crippen molar-refractivity contribution in [2.45, 2.75) is 24.3 Å². The Labute approximate surface area is 143 Å². The third kappa shape index (κ3) is 4.40. The maximum atomic E-state index is 12.2. The highest BCUT2D eigenvalue weighted by Gasteiger charge is 2.27. The number of sulfonamides is 1. The van der Waals surface area contributed by atoms with Gasteiger partial charge in [0.1, 0.15) is 9.77 Å². The summed E-state index contributed by atoms with van der Waals surface area (Å²) >= 11 is 0.887. The number of ether oxygens (including phenoxy) is 1. The summed E-state index contributed by atoms with van der Waals surface area (Å²) in [5.41, 5.74) is 0.568. The zero-order chi connectivity index (χ0) is 17.7. The molecule has 1 amide bonds. The summed E-state index contributed by atoms with van der Waals surface area (Å²) in [5, 5.41) is 9.11. The number of hydrogen-bond donors (Lipinski definition) is 2. The summed E-state index contributed by atoms with van der Waals surface area (Å²) in [4.78, 5) is 23.9. The molecule has 1 heterocycles. The minimum absolute atomic E-state index is 0.150. The molecule has 0 radical (unpaired) electrons. The lowest BCUT2D eigenvalue weighted by atomic mass is 10.2. The maximum absolute atomic E-state index is 12.2. The van der Waals surface area contributed by atoms with Gasteiger partial charge in [-0.25, -0.2) is 18.4 Å². The molecule has 7 nitrogen and oxygen atoms in total. The van der Waals surface area contributed by atoms with E-state index in [4.69, 9.17) is 9.88 Å². The maximum Gasteiger partial charge on any atom is 0.350 e. The van der Waals surface area contributed by atoms with Crippen LogP contribution in [0.4, 0.5) is 5.69 Å². The topological polar surface area (TPSA) is 116 Å². The van der Waals surface area contributed by atoms with E-state index < -0.39 is 28.0 Å². The summed E-state index contributed by atoms with van der Waals surface area (Å²) in [6, 6.07) is 9.94. The van der Waals surface area contributed by atoms with Crippen molar-refractivity contribution in [2.75, 3.05) is 5.32 Å². The van der Waals surface area contributed by atoms with Crippen LogP contribution in [0.2, 0.25) is 0 Å². The molecule has 0 aliphatic heterocycles. The molecule has 1 unspecified atom stereocenters. The monoisotopic (exact) mass is 368 g/mol. The van der Waals surface area contributed by atoms with Gasteiger partial charge in [-0.05, 0) is 30.0 Å². The molecule has 2 rings (SSSR count). The Balaban J connectivity index is 2.11. The van der Waals surface area contributed by atoms with E-state index in [0.717, 1.165) is 11.3 Å². The number of amides is 1. The standard InChI is InChI=1S/C15H16N2O5S2/c1-2-11(14(18)17-10-6-4-3-5-7-10)22-15(19)13-12(8-9-23-13)24(16,20)21/h3-9,11H,2H2,1H3,(H,17,18)(H2,16,20,21). The molecule has 3 N–H and O–H groups in total. The Morgan fingerprint density at radius 1 is 1.25 bits per heavy atom. The molecular weight excluding hydrogens is 352 g/mol. The van der Waals surface area contributed by atoms with Gasteiger partial charge < -0.3 is 10.1 Å². The molecule has 2 aromatic rings. The Hall–Kier alpha value is -2.23. The van der Waals surface area contributed by atoms with E-state index in [1.165, 1.54) is 11.4 Å². The Morgan fingerprint density at radius 2 is 1.92 bits per heavy atom. The number of esters is 1. The first-order chi connectivity index (χ1) is 11.3. The van der Waals surface area contributed by atoms with Crippen LogP contribution in [-0.4, -0.2) is 26.4 Å². The first-order valence-electron chi connectivity index (χ1n) is 7.00. The van der Waals surface area contributed by atoms with E-state index in [1.54, 1.807) is 37.3 Å². The number of rotatable bonds is 6. The van der Waals surface area contributed by atoms with Crippen LogP contribution in [0.15, 0.2) is 46.7 Å². The quantitative estimate of drug-likeness (QED) is 0.756. The van der Waals surface area contributed by atoms with E-state index in [0.29, 0.717) is 5.69 Å². The molecule has 0 fully saturated rings. The molecule has 0 saturated heterocycles. The zero-order valence-electron chi connectivity index (χ0n) is 12.8. The van der Waals surface area contributed by atoms with Gasteiger partial charge in [0, 0.05) is 5.69 Å². The van der Waals surface area contributed by atoms with E-state index in [2.05, 4.69) is 5.32 Å². The molecule has 1 aromatic heterocycles. The second-order valence-electron chi connectivity index (χ2n) is 4.82. The number of nitrogens with two attached hydrogens (primary N) is 1. The van der Waals surface area contributed by atoms with Crippen molar-refractivity contribution in [1.82, 2.24) is 0 Å². The molecule has 0 spiro atoms. The molecule has 0 saturated carbocycles. The van der Waals surface area contributed by atoms with Gasteiger partial charge in [-0.1, -0.05) is 25.1 Å². The highest BCUT2D eigenvalue weighted by molar-refractivity contribution is 7.89.